The van der Waals surface area contributed by atoms with E-state index in [4.69, 9.17) is 11.6 Å². The van der Waals surface area contributed by atoms with Crippen LogP contribution in [0.25, 0.3) is 0 Å². The van der Waals surface area contributed by atoms with Crippen molar-refractivity contribution in [1.29, 1.82) is 0 Å². The van der Waals surface area contributed by atoms with Gasteiger partial charge in [-0.1, -0.05) is 29.8 Å². The smallest absolute Gasteiger partial charge is 0.128 e. The van der Waals surface area contributed by atoms with E-state index < -0.39 is 0 Å². The van der Waals surface area contributed by atoms with Crippen molar-refractivity contribution in [1.82, 2.24) is 0 Å². The quantitative estimate of drug-likeness (QED) is 0.850. The van der Waals surface area contributed by atoms with E-state index in [0.717, 1.165) is 16.3 Å². The number of nitrogens with one attached hydrogen (secondary N) is 1. The van der Waals surface area contributed by atoms with Gasteiger partial charge in [0.2, 0.25) is 0 Å². The molecule has 0 fully saturated rings. The van der Waals surface area contributed by atoms with E-state index in [1.807, 2.05) is 30.3 Å². The van der Waals surface area contributed by atoms with Crippen LogP contribution in [0.2, 0.25) is 5.02 Å². The second kappa shape index (κ2) is 5.19. The Labute approximate surface area is 105 Å². The fraction of sp³-hybridized carbons (Fsp3) is 0.143. The molecule has 0 saturated carbocycles. The fourth-order valence-electron chi connectivity index (χ4n) is 1.51. The lowest BCUT2D eigenvalue weighted by Crippen LogP contribution is -1.99. The van der Waals surface area contributed by atoms with E-state index in [9.17, 15) is 4.39 Å². The van der Waals surface area contributed by atoms with Gasteiger partial charge in [-0.15, -0.1) is 0 Å². The van der Waals surface area contributed by atoms with Crippen molar-refractivity contribution in [3.05, 3.63) is 64.4 Å². The molecule has 0 saturated heterocycles. The molecule has 3 heteroatoms. The number of aryl methyl sites for hydroxylation is 1. The number of hydrogen-bond acceptors (Lipinski definition) is 1. The fourth-order valence-corrected chi connectivity index (χ4v) is 1.64. The van der Waals surface area contributed by atoms with Crippen molar-refractivity contribution in [2.45, 2.75) is 13.5 Å². The van der Waals surface area contributed by atoms with E-state index >= 15 is 0 Å². The predicted molar refractivity (Wildman–Crippen MR) is 69.9 cm³/mol. The molecule has 0 aromatic heterocycles. The van der Waals surface area contributed by atoms with E-state index in [1.54, 1.807) is 13.0 Å². The number of hydrogen-bond donors (Lipinski definition) is 1. The first-order valence-electron chi connectivity index (χ1n) is 5.39. The molecule has 2 aromatic rings. The molecule has 0 heterocycles. The van der Waals surface area contributed by atoms with Gasteiger partial charge in [-0.05, 0) is 42.3 Å². The Kier molecular flexibility index (Phi) is 3.64. The van der Waals surface area contributed by atoms with Crippen LogP contribution in [0.3, 0.4) is 0 Å². The lowest BCUT2D eigenvalue weighted by Gasteiger charge is -2.07. The van der Waals surface area contributed by atoms with Gasteiger partial charge >= 0.3 is 0 Å². The highest BCUT2D eigenvalue weighted by atomic mass is 35.5. The molecule has 1 nitrogen and oxygen atoms in total. The number of anilines is 1. The van der Waals surface area contributed by atoms with Crippen molar-refractivity contribution >= 4 is 17.3 Å². The average molecular weight is 250 g/mol. The summed E-state index contributed by atoms with van der Waals surface area (Å²) in [6.45, 7) is 2.40. The van der Waals surface area contributed by atoms with E-state index in [-0.39, 0.29) is 5.82 Å². The summed E-state index contributed by atoms with van der Waals surface area (Å²) in [6.07, 6.45) is 0. The third kappa shape index (κ3) is 3.21. The molecule has 0 aliphatic rings. The van der Waals surface area contributed by atoms with Crippen LogP contribution in [0.15, 0.2) is 42.5 Å². The van der Waals surface area contributed by atoms with Gasteiger partial charge in [-0.2, -0.15) is 0 Å². The third-order valence-corrected chi connectivity index (χ3v) is 2.83. The zero-order valence-corrected chi connectivity index (χ0v) is 10.3. The van der Waals surface area contributed by atoms with E-state index in [2.05, 4.69) is 5.32 Å². The molecule has 2 rings (SSSR count). The van der Waals surface area contributed by atoms with Crippen molar-refractivity contribution in [3.63, 3.8) is 0 Å². The Balaban J connectivity index is 2.02. The SMILES string of the molecule is Cc1ccc(NCc2ccc(Cl)cc2)cc1F. The normalized spacial score (nSPS) is 10.3. The average Bonchev–Trinajstić information content (AvgIpc) is 2.33. The topological polar surface area (TPSA) is 12.0 Å². The molecule has 0 spiro atoms. The molecule has 17 heavy (non-hydrogen) atoms. The van der Waals surface area contributed by atoms with Crippen LogP contribution in [0.5, 0.6) is 0 Å². The van der Waals surface area contributed by atoms with Crippen LogP contribution < -0.4 is 5.32 Å². The molecule has 0 radical (unpaired) electrons. The van der Waals surface area contributed by atoms with Crippen LogP contribution in [0.1, 0.15) is 11.1 Å². The summed E-state index contributed by atoms with van der Waals surface area (Å²) < 4.78 is 13.3. The zero-order chi connectivity index (χ0) is 12.3. The van der Waals surface area contributed by atoms with Gasteiger partial charge in [-0.3, -0.25) is 0 Å². The van der Waals surface area contributed by atoms with Gasteiger partial charge in [0.15, 0.2) is 0 Å². The maximum absolute atomic E-state index is 13.3. The maximum atomic E-state index is 13.3. The molecule has 0 unspecified atom stereocenters. The molecule has 88 valence electrons. The van der Waals surface area contributed by atoms with E-state index in [0.29, 0.717) is 12.1 Å². The highest BCUT2D eigenvalue weighted by molar-refractivity contribution is 6.30. The van der Waals surface area contributed by atoms with Crippen LogP contribution in [0.4, 0.5) is 10.1 Å². The first kappa shape index (κ1) is 11.9. The Morgan fingerprint density at radius 1 is 1.12 bits per heavy atom. The summed E-state index contributed by atoms with van der Waals surface area (Å²) in [6, 6.07) is 12.7. The largest absolute Gasteiger partial charge is 0.381 e. The van der Waals surface area contributed by atoms with Crippen molar-refractivity contribution in [2.24, 2.45) is 0 Å². The van der Waals surface area contributed by atoms with Gasteiger partial charge in [0.1, 0.15) is 5.82 Å². The van der Waals surface area contributed by atoms with Crippen LogP contribution in [-0.2, 0) is 6.54 Å². The molecule has 0 atom stereocenters. The minimum absolute atomic E-state index is 0.189. The molecular weight excluding hydrogens is 237 g/mol. The molecule has 2 aromatic carbocycles. The lowest BCUT2D eigenvalue weighted by atomic mass is 10.2. The standard InChI is InChI=1S/C14H13ClFN/c1-10-2-7-13(8-14(10)16)17-9-11-3-5-12(15)6-4-11/h2-8,17H,9H2,1H3. The predicted octanol–water partition coefficient (Wildman–Crippen LogP) is 4.40. The zero-order valence-electron chi connectivity index (χ0n) is 9.50. The summed E-state index contributed by atoms with van der Waals surface area (Å²) in [5.41, 5.74) is 2.54. The molecule has 0 aliphatic heterocycles. The van der Waals surface area contributed by atoms with Gasteiger partial charge in [0.05, 0.1) is 0 Å². The highest BCUT2D eigenvalue weighted by Crippen LogP contribution is 2.15. The molecule has 0 bridgehead atoms. The second-order valence-corrected chi connectivity index (χ2v) is 4.38. The summed E-state index contributed by atoms with van der Waals surface area (Å²) in [4.78, 5) is 0. The van der Waals surface area contributed by atoms with Gasteiger partial charge < -0.3 is 5.32 Å². The first-order valence-corrected chi connectivity index (χ1v) is 5.77. The third-order valence-electron chi connectivity index (χ3n) is 2.58. The van der Waals surface area contributed by atoms with Gasteiger partial charge in [0, 0.05) is 17.3 Å². The molecule has 0 amide bonds. The Hall–Kier alpha value is -1.54. The van der Waals surface area contributed by atoms with Crippen molar-refractivity contribution in [2.75, 3.05) is 5.32 Å². The molecular formula is C14H13ClFN. The molecule has 0 aliphatic carbocycles. The monoisotopic (exact) mass is 249 g/mol. The van der Waals surface area contributed by atoms with Crippen LogP contribution in [-0.4, -0.2) is 0 Å². The first-order chi connectivity index (χ1) is 8.15. The van der Waals surface area contributed by atoms with Gasteiger partial charge in [-0.25, -0.2) is 4.39 Å². The summed E-state index contributed by atoms with van der Waals surface area (Å²) >= 11 is 5.80. The van der Waals surface area contributed by atoms with Crippen molar-refractivity contribution < 1.29 is 4.39 Å². The molecule has 1 N–H and O–H groups in total. The van der Waals surface area contributed by atoms with Gasteiger partial charge in [0.25, 0.3) is 0 Å². The summed E-state index contributed by atoms with van der Waals surface area (Å²) in [7, 11) is 0. The summed E-state index contributed by atoms with van der Waals surface area (Å²) in [5, 5.41) is 3.88. The second-order valence-electron chi connectivity index (χ2n) is 3.94. The minimum Gasteiger partial charge on any atom is -0.381 e. The lowest BCUT2D eigenvalue weighted by molar-refractivity contribution is 0.619. The van der Waals surface area contributed by atoms with Crippen LogP contribution in [0, 0.1) is 12.7 Å². The van der Waals surface area contributed by atoms with Crippen molar-refractivity contribution in [3.8, 4) is 0 Å². The Morgan fingerprint density at radius 2 is 1.82 bits per heavy atom. The number of rotatable bonds is 3. The Bertz CT molecular complexity index is 508. The Morgan fingerprint density at radius 3 is 2.47 bits per heavy atom. The summed E-state index contributed by atoms with van der Waals surface area (Å²) in [5.74, 6) is -0.189. The number of benzene rings is 2. The highest BCUT2D eigenvalue weighted by Gasteiger charge is 1.99. The van der Waals surface area contributed by atoms with Crippen LogP contribution >= 0.6 is 11.6 Å². The maximum Gasteiger partial charge on any atom is 0.128 e. The number of halogens is 2. The van der Waals surface area contributed by atoms with E-state index in [1.165, 1.54) is 6.07 Å². The minimum atomic E-state index is -0.189.